The maximum Gasteiger partial charge on any atom is 0.321 e. The summed E-state index contributed by atoms with van der Waals surface area (Å²) < 4.78 is 37.1. The second-order valence-corrected chi connectivity index (χ2v) is 16.1. The minimum absolute atomic E-state index is 0.158. The van der Waals surface area contributed by atoms with E-state index in [1.165, 1.54) is 4.31 Å². The molecule has 2 aliphatic carbocycles. The van der Waals surface area contributed by atoms with E-state index in [9.17, 15) is 23.1 Å². The first kappa shape index (κ1) is 33.5. The van der Waals surface area contributed by atoms with Crippen LogP contribution in [-0.4, -0.2) is 78.0 Å². The summed E-state index contributed by atoms with van der Waals surface area (Å²) in [5, 5.41) is 24.8. The topological polar surface area (TPSA) is 170 Å². The van der Waals surface area contributed by atoms with Gasteiger partial charge in [-0.25, -0.2) is 13.2 Å². The molecule has 48 heavy (non-hydrogen) atoms. The molecule has 0 aromatic carbocycles. The van der Waals surface area contributed by atoms with Crippen LogP contribution in [0.5, 0.6) is 0 Å². The van der Waals surface area contributed by atoms with Gasteiger partial charge in [-0.15, -0.1) is 0 Å². The minimum Gasteiger partial charge on any atom is -0.512 e. The molecule has 4 N–H and O–H groups in total. The lowest BCUT2D eigenvalue weighted by Gasteiger charge is -2.41. The first-order chi connectivity index (χ1) is 22.5. The maximum absolute atomic E-state index is 13.8. The van der Waals surface area contributed by atoms with E-state index in [1.807, 2.05) is 46.8 Å². The molecule has 2 aliphatic heterocycles. The zero-order valence-electron chi connectivity index (χ0n) is 27.8. The number of sulfonamides is 1. The monoisotopic (exact) mass is 678 g/mol. The van der Waals surface area contributed by atoms with E-state index in [4.69, 9.17) is 8.94 Å². The molecule has 3 atom stereocenters. The smallest absolute Gasteiger partial charge is 0.321 e. The summed E-state index contributed by atoms with van der Waals surface area (Å²) in [6.07, 6.45) is 9.23. The highest BCUT2D eigenvalue weighted by atomic mass is 32.2. The van der Waals surface area contributed by atoms with Crippen molar-refractivity contribution < 1.29 is 32.1 Å². The first-order valence-electron chi connectivity index (χ1n) is 15.9. The number of nitrogens with zero attached hydrogens (tertiary/aromatic N) is 3. The largest absolute Gasteiger partial charge is 0.512 e. The van der Waals surface area contributed by atoms with Crippen LogP contribution < -0.4 is 16.0 Å². The molecule has 0 radical (unpaired) electrons. The zero-order chi connectivity index (χ0) is 34.6. The number of aliphatic hydroxyl groups is 1. The molecule has 4 aliphatic rings. The quantitative estimate of drug-likeness (QED) is 0.293. The van der Waals surface area contributed by atoms with Crippen LogP contribution in [0, 0.1) is 11.3 Å². The van der Waals surface area contributed by atoms with Gasteiger partial charge >= 0.3 is 6.03 Å². The fourth-order valence-electron chi connectivity index (χ4n) is 6.59. The molecular weight excluding hydrogens is 636 g/mol. The number of rotatable bonds is 8. The predicted octanol–water partition coefficient (Wildman–Crippen LogP) is 4.44. The first-order valence-corrected chi connectivity index (χ1v) is 17.4. The molecule has 256 valence electrons. The normalized spacial score (nSPS) is 26.0. The summed E-state index contributed by atoms with van der Waals surface area (Å²) in [5.74, 6) is 1.17. The Morgan fingerprint density at radius 2 is 1.92 bits per heavy atom. The number of anilines is 1. The highest BCUT2D eigenvalue weighted by molar-refractivity contribution is 7.92. The number of Topliss-reactive ketones (excluding diaryl/α,β-unsaturated/α-hetero) is 1. The van der Waals surface area contributed by atoms with Gasteiger partial charge in [0.1, 0.15) is 11.5 Å². The minimum atomic E-state index is -3.48. The van der Waals surface area contributed by atoms with Gasteiger partial charge in [-0.3, -0.25) is 15.0 Å². The number of allylic oxidation sites excluding steroid dienone is 4. The number of ketones is 1. The van der Waals surface area contributed by atoms with E-state index in [-0.39, 0.29) is 28.6 Å². The van der Waals surface area contributed by atoms with E-state index < -0.39 is 27.0 Å². The predicted molar refractivity (Wildman–Crippen MR) is 180 cm³/mol. The summed E-state index contributed by atoms with van der Waals surface area (Å²) in [6, 6.07) is 2.96. The van der Waals surface area contributed by atoms with Crippen LogP contribution in [0.4, 0.5) is 10.6 Å². The van der Waals surface area contributed by atoms with Crippen LogP contribution in [0.2, 0.25) is 0 Å². The molecule has 2 aromatic heterocycles. The Morgan fingerprint density at radius 3 is 2.58 bits per heavy atom. The van der Waals surface area contributed by atoms with Gasteiger partial charge in [-0.1, -0.05) is 38.6 Å². The van der Waals surface area contributed by atoms with Crippen molar-refractivity contribution in [3.63, 3.8) is 0 Å². The number of fused-ring (bicyclic) bond motifs is 2. The Morgan fingerprint density at radius 1 is 1.19 bits per heavy atom. The fourth-order valence-corrected chi connectivity index (χ4v) is 7.47. The number of carbonyl (C=O) groups excluding carboxylic acids is 2. The van der Waals surface area contributed by atoms with E-state index in [0.717, 1.165) is 16.7 Å². The number of nitrogens with one attached hydrogen (secondary N) is 3. The molecule has 0 bridgehead atoms. The fraction of sp³-hybridized carbons (Fsp3) is 0.441. The number of urea groups is 1. The molecule has 0 spiro atoms. The van der Waals surface area contributed by atoms with Crippen molar-refractivity contribution in [1.82, 2.24) is 25.0 Å². The van der Waals surface area contributed by atoms with Gasteiger partial charge < -0.3 is 24.7 Å². The van der Waals surface area contributed by atoms with E-state index in [0.29, 0.717) is 62.2 Å². The van der Waals surface area contributed by atoms with Gasteiger partial charge in [0.25, 0.3) is 0 Å². The van der Waals surface area contributed by atoms with Gasteiger partial charge in [0.05, 0.1) is 17.0 Å². The van der Waals surface area contributed by atoms with Gasteiger partial charge in [-0.2, -0.15) is 4.31 Å². The summed E-state index contributed by atoms with van der Waals surface area (Å²) in [4.78, 5) is 28.7. The van der Waals surface area contributed by atoms with Crippen molar-refractivity contribution in [2.24, 2.45) is 11.3 Å². The van der Waals surface area contributed by atoms with E-state index in [2.05, 4.69) is 32.6 Å². The van der Waals surface area contributed by atoms with Gasteiger partial charge in [-0.05, 0) is 44.2 Å². The van der Waals surface area contributed by atoms with Crippen molar-refractivity contribution in [1.29, 1.82) is 0 Å². The van der Waals surface area contributed by atoms with Crippen molar-refractivity contribution >= 4 is 33.7 Å². The molecule has 2 aromatic rings. The van der Waals surface area contributed by atoms with Crippen LogP contribution in [0.3, 0.4) is 0 Å². The summed E-state index contributed by atoms with van der Waals surface area (Å²) in [5.41, 5.74) is 0.193. The highest BCUT2D eigenvalue weighted by Crippen LogP contribution is 2.47. The van der Waals surface area contributed by atoms with Crippen LogP contribution in [0.25, 0.3) is 6.08 Å². The number of furan rings is 1. The number of carbonyl (C=O) groups is 2. The molecule has 1 fully saturated rings. The molecule has 2 amide bonds. The Hall–Kier alpha value is -4.40. The molecule has 0 saturated carbocycles. The summed E-state index contributed by atoms with van der Waals surface area (Å²) in [6.45, 7) is 15.4. The third-order valence-corrected chi connectivity index (χ3v) is 11.0. The summed E-state index contributed by atoms with van der Waals surface area (Å²) in [7, 11) is -3.48. The highest BCUT2D eigenvalue weighted by Gasteiger charge is 2.47. The average molecular weight is 679 g/mol. The number of aromatic nitrogens is 1. The molecular formula is C34H42N6O7S. The number of piperazine rings is 1. The molecule has 13 nitrogen and oxygen atoms in total. The lowest BCUT2D eigenvalue weighted by atomic mass is 9.71. The molecule has 1 saturated heterocycles. The van der Waals surface area contributed by atoms with Gasteiger partial charge in [0.15, 0.2) is 11.6 Å². The van der Waals surface area contributed by atoms with Crippen molar-refractivity contribution in [2.75, 3.05) is 38.0 Å². The second kappa shape index (κ2) is 11.9. The number of amides is 2. The Bertz CT molecular complexity index is 1890. The molecule has 3 unspecified atom stereocenters. The van der Waals surface area contributed by atoms with Crippen molar-refractivity contribution in [3.05, 3.63) is 88.4 Å². The average Bonchev–Trinajstić information content (AvgIpc) is 3.75. The number of hydrogen-bond acceptors (Lipinski definition) is 10. The Labute approximate surface area is 280 Å². The van der Waals surface area contributed by atoms with E-state index >= 15 is 0 Å². The third-order valence-electron chi connectivity index (χ3n) is 9.50. The standard InChI is InChI=1S/C34H42N6O7S/c1-7-48(44,45)40-14-12-39(13-15-40)20-22-24(41)8-9-27-34(22,6)19-23(35-27)30(42)26-16-21-18-33(5,11-10-25(21)46-26)37-31(43)36-29-17-28(47-38-29)32(2,3)4/h7-11,16-17,19,22,35,41H,1,12-15,18,20H2,2-6H3,(H2,36,37,38,43). The van der Waals surface area contributed by atoms with Gasteiger partial charge in [0.2, 0.25) is 15.8 Å². The maximum atomic E-state index is 13.8. The summed E-state index contributed by atoms with van der Waals surface area (Å²) >= 11 is 0. The van der Waals surface area contributed by atoms with Crippen LogP contribution in [0.15, 0.2) is 74.5 Å². The van der Waals surface area contributed by atoms with Crippen LogP contribution in [0.1, 0.15) is 62.3 Å². The Kier molecular flexibility index (Phi) is 8.33. The second-order valence-electron chi connectivity index (χ2n) is 14.3. The molecule has 4 heterocycles. The van der Waals surface area contributed by atoms with Crippen LogP contribution >= 0.6 is 0 Å². The van der Waals surface area contributed by atoms with Crippen LogP contribution in [-0.2, 0) is 21.9 Å². The lowest BCUT2D eigenvalue weighted by Crippen LogP contribution is -2.51. The van der Waals surface area contributed by atoms with Gasteiger partial charge in [0, 0.05) is 78.6 Å². The Balaban J connectivity index is 1.12. The van der Waals surface area contributed by atoms with Crippen molar-refractivity contribution in [2.45, 2.75) is 52.0 Å². The third kappa shape index (κ3) is 6.39. The van der Waals surface area contributed by atoms with Crippen molar-refractivity contribution in [3.8, 4) is 0 Å². The number of hydrogen-bond donors (Lipinski definition) is 4. The zero-order valence-corrected chi connectivity index (χ0v) is 28.6. The SMILES string of the molecule is C=CS(=O)(=O)N1CCN(CC2C(O)=CC=C3NC(C(=O)c4cc5c(o4)C=CC(C)(NC(=O)Nc4cc(C(C)(C)C)on4)C5)=CC32C)CC1. The lowest BCUT2D eigenvalue weighted by molar-refractivity contribution is 0.0999. The molecule has 14 heteroatoms. The number of aliphatic hydroxyl groups excluding tert-OH is 1. The van der Waals surface area contributed by atoms with E-state index in [1.54, 1.807) is 30.4 Å². The molecule has 6 rings (SSSR count).